The molecule has 0 saturated carbocycles. The van der Waals surface area contributed by atoms with Crippen LogP contribution in [-0.2, 0) is 32.6 Å². The summed E-state index contributed by atoms with van der Waals surface area (Å²) in [4.78, 5) is 29.3. The largest absolute Gasteiger partial charge is 0.350 e. The number of benzene rings is 3. The molecule has 0 aromatic heterocycles. The van der Waals surface area contributed by atoms with Gasteiger partial charge in [-0.3, -0.25) is 13.9 Å². The Balaban J connectivity index is 2.10. The summed E-state index contributed by atoms with van der Waals surface area (Å²) >= 11 is 15.9. The lowest BCUT2D eigenvalue weighted by Crippen LogP contribution is -2.56. The third-order valence-corrected chi connectivity index (χ3v) is 8.04. The van der Waals surface area contributed by atoms with E-state index in [-0.39, 0.29) is 34.6 Å². The van der Waals surface area contributed by atoms with Gasteiger partial charge in [0, 0.05) is 28.0 Å². The van der Waals surface area contributed by atoms with E-state index in [2.05, 4.69) is 21.2 Å². The monoisotopic (exact) mass is 667 g/mol. The first kappa shape index (κ1) is 31.9. The molecular formula is C29H32BrCl2N3O4S. The minimum Gasteiger partial charge on any atom is -0.350 e. The summed E-state index contributed by atoms with van der Waals surface area (Å²) in [6.07, 6.45) is 1.21. The molecule has 7 nitrogen and oxygen atoms in total. The van der Waals surface area contributed by atoms with E-state index in [4.69, 9.17) is 23.2 Å². The molecule has 0 aliphatic heterocycles. The molecule has 0 unspecified atom stereocenters. The molecule has 2 amide bonds. The summed E-state index contributed by atoms with van der Waals surface area (Å²) < 4.78 is 27.5. The number of carbonyl (C=O) groups excluding carboxylic acids is 2. The van der Waals surface area contributed by atoms with Crippen molar-refractivity contribution in [3.05, 3.63) is 98.4 Å². The molecule has 0 saturated heterocycles. The molecule has 0 bridgehead atoms. The van der Waals surface area contributed by atoms with Crippen LogP contribution in [-0.4, -0.2) is 49.5 Å². The third kappa shape index (κ3) is 9.23. The zero-order chi connectivity index (χ0) is 29.7. The van der Waals surface area contributed by atoms with Crippen molar-refractivity contribution in [1.29, 1.82) is 0 Å². The minimum atomic E-state index is -3.96. The summed E-state index contributed by atoms with van der Waals surface area (Å²) in [6, 6.07) is 20.2. The first-order valence-corrected chi connectivity index (χ1v) is 15.9. The van der Waals surface area contributed by atoms with Gasteiger partial charge in [0.15, 0.2) is 0 Å². The molecule has 0 spiro atoms. The van der Waals surface area contributed by atoms with E-state index >= 15 is 0 Å². The summed E-state index contributed by atoms with van der Waals surface area (Å²) in [6.45, 7) is 5.06. The maximum absolute atomic E-state index is 14.1. The molecular weight excluding hydrogens is 637 g/mol. The van der Waals surface area contributed by atoms with Gasteiger partial charge in [-0.05, 0) is 62.2 Å². The topological polar surface area (TPSA) is 86.8 Å². The lowest BCUT2D eigenvalue weighted by Gasteiger charge is -2.35. The maximum Gasteiger partial charge on any atom is 0.244 e. The fraction of sp³-hybridized carbons (Fsp3) is 0.310. The summed E-state index contributed by atoms with van der Waals surface area (Å²) in [5.41, 5.74) is 1.12. The Labute approximate surface area is 254 Å². The van der Waals surface area contributed by atoms with Gasteiger partial charge in [0.1, 0.15) is 12.6 Å². The Morgan fingerprint density at radius 3 is 2.20 bits per heavy atom. The predicted molar refractivity (Wildman–Crippen MR) is 165 cm³/mol. The van der Waals surface area contributed by atoms with Crippen LogP contribution in [0, 0.1) is 0 Å². The fourth-order valence-corrected chi connectivity index (χ4v) is 5.85. The zero-order valence-electron chi connectivity index (χ0n) is 22.7. The number of nitrogens with one attached hydrogen (secondary N) is 1. The van der Waals surface area contributed by atoms with Gasteiger partial charge < -0.3 is 10.2 Å². The lowest BCUT2D eigenvalue weighted by molar-refractivity contribution is -0.140. The second-order valence-corrected chi connectivity index (χ2v) is 14.1. The molecule has 1 atom stereocenters. The van der Waals surface area contributed by atoms with Crippen molar-refractivity contribution < 1.29 is 18.0 Å². The van der Waals surface area contributed by atoms with Gasteiger partial charge >= 0.3 is 0 Å². The van der Waals surface area contributed by atoms with E-state index in [1.165, 1.54) is 23.1 Å². The number of hydrogen-bond acceptors (Lipinski definition) is 4. The van der Waals surface area contributed by atoms with Gasteiger partial charge in [0.05, 0.1) is 17.0 Å². The number of anilines is 1. The van der Waals surface area contributed by atoms with Crippen LogP contribution in [0.1, 0.15) is 31.9 Å². The van der Waals surface area contributed by atoms with Crippen molar-refractivity contribution in [1.82, 2.24) is 10.2 Å². The quantitative estimate of drug-likeness (QED) is 0.284. The fourth-order valence-electron chi connectivity index (χ4n) is 4.11. The second kappa shape index (κ2) is 13.4. The first-order valence-electron chi connectivity index (χ1n) is 12.5. The van der Waals surface area contributed by atoms with E-state index in [0.29, 0.717) is 0 Å². The highest BCUT2D eigenvalue weighted by molar-refractivity contribution is 9.10. The Hall–Kier alpha value is -2.59. The van der Waals surface area contributed by atoms with E-state index in [0.717, 1.165) is 26.2 Å². The Morgan fingerprint density at radius 1 is 0.950 bits per heavy atom. The van der Waals surface area contributed by atoms with E-state index in [1.807, 2.05) is 75.4 Å². The molecule has 0 radical (unpaired) electrons. The highest BCUT2D eigenvalue weighted by atomic mass is 79.9. The van der Waals surface area contributed by atoms with Gasteiger partial charge in [0.2, 0.25) is 21.8 Å². The van der Waals surface area contributed by atoms with E-state index < -0.39 is 34.1 Å². The van der Waals surface area contributed by atoms with Crippen molar-refractivity contribution in [2.24, 2.45) is 0 Å². The number of carbonyl (C=O) groups is 2. The van der Waals surface area contributed by atoms with Crippen LogP contribution >= 0.6 is 39.1 Å². The van der Waals surface area contributed by atoms with Crippen LogP contribution in [0.3, 0.4) is 0 Å². The van der Waals surface area contributed by atoms with Gasteiger partial charge in [-0.15, -0.1) is 0 Å². The van der Waals surface area contributed by atoms with Crippen LogP contribution in [0.25, 0.3) is 0 Å². The standard InChI is InChI=1S/C29H32BrCl2N3O4S/c1-29(2,3)33-28(37)26(16-20-9-6-5-7-10-20)34(18-21-11-8-12-22(30)15-21)27(36)19-35(40(4,38)39)25-17-23(31)13-14-24(25)32/h5-15,17,26H,16,18-19H2,1-4H3,(H,33,37)/t26-/m0/s1. The Kier molecular flexibility index (Phi) is 10.7. The number of sulfonamides is 1. The first-order chi connectivity index (χ1) is 18.6. The van der Waals surface area contributed by atoms with Crippen LogP contribution in [0.5, 0.6) is 0 Å². The molecule has 0 heterocycles. The number of nitrogens with zero attached hydrogens (tertiary/aromatic N) is 2. The smallest absolute Gasteiger partial charge is 0.244 e. The average Bonchev–Trinajstić information content (AvgIpc) is 2.85. The van der Waals surface area contributed by atoms with Crippen molar-refractivity contribution in [3.8, 4) is 0 Å². The van der Waals surface area contributed by atoms with Crippen LogP contribution in [0.15, 0.2) is 77.3 Å². The molecule has 0 aliphatic carbocycles. The Morgan fingerprint density at radius 2 is 1.60 bits per heavy atom. The highest BCUT2D eigenvalue weighted by Crippen LogP contribution is 2.31. The van der Waals surface area contributed by atoms with E-state index in [1.54, 1.807) is 0 Å². The van der Waals surface area contributed by atoms with Crippen molar-refractivity contribution in [3.63, 3.8) is 0 Å². The molecule has 0 aliphatic rings. The second-order valence-electron chi connectivity index (χ2n) is 10.5. The summed E-state index contributed by atoms with van der Waals surface area (Å²) in [7, 11) is -3.96. The van der Waals surface area contributed by atoms with Crippen molar-refractivity contribution in [2.75, 3.05) is 17.1 Å². The van der Waals surface area contributed by atoms with Crippen LogP contribution < -0.4 is 9.62 Å². The molecule has 3 aromatic carbocycles. The molecule has 1 N–H and O–H groups in total. The van der Waals surface area contributed by atoms with Crippen LogP contribution in [0.2, 0.25) is 10.0 Å². The van der Waals surface area contributed by atoms with Gasteiger partial charge in [-0.1, -0.05) is 81.6 Å². The number of halogens is 3. The predicted octanol–water partition coefficient (Wildman–Crippen LogP) is 6.08. The average molecular weight is 669 g/mol. The SMILES string of the molecule is CC(C)(C)NC(=O)[C@H](Cc1ccccc1)N(Cc1cccc(Br)c1)C(=O)CN(c1cc(Cl)ccc1Cl)S(C)(=O)=O. The van der Waals surface area contributed by atoms with Gasteiger partial charge in [0.25, 0.3) is 0 Å². The van der Waals surface area contributed by atoms with Gasteiger partial charge in [-0.2, -0.15) is 0 Å². The molecule has 40 heavy (non-hydrogen) atoms. The zero-order valence-corrected chi connectivity index (χ0v) is 26.6. The van der Waals surface area contributed by atoms with Crippen LogP contribution in [0.4, 0.5) is 5.69 Å². The third-order valence-electron chi connectivity index (χ3n) is 5.87. The van der Waals surface area contributed by atoms with E-state index in [9.17, 15) is 18.0 Å². The summed E-state index contributed by atoms with van der Waals surface area (Å²) in [5, 5.41) is 3.37. The van der Waals surface area contributed by atoms with Crippen molar-refractivity contribution in [2.45, 2.75) is 45.3 Å². The molecule has 214 valence electrons. The molecule has 0 fully saturated rings. The molecule has 11 heteroatoms. The number of rotatable bonds is 10. The molecule has 3 aromatic rings. The van der Waals surface area contributed by atoms with Crippen molar-refractivity contribution >= 4 is 66.7 Å². The normalized spacial score (nSPS) is 12.5. The lowest BCUT2D eigenvalue weighted by atomic mass is 10.0. The number of amides is 2. The highest BCUT2D eigenvalue weighted by Gasteiger charge is 2.34. The summed E-state index contributed by atoms with van der Waals surface area (Å²) in [5.74, 6) is -0.933. The van der Waals surface area contributed by atoms with Gasteiger partial charge in [-0.25, -0.2) is 8.42 Å². The Bertz CT molecular complexity index is 1460. The maximum atomic E-state index is 14.1. The minimum absolute atomic E-state index is 0.0637. The molecule has 3 rings (SSSR count). The number of hydrogen-bond donors (Lipinski definition) is 1.